The van der Waals surface area contributed by atoms with Gasteiger partial charge in [-0.2, -0.15) is 5.10 Å². The third kappa shape index (κ3) is 3.51. The van der Waals surface area contributed by atoms with Gasteiger partial charge in [0.05, 0.1) is 17.6 Å². The van der Waals surface area contributed by atoms with Gasteiger partial charge in [0.25, 0.3) is 0 Å². The van der Waals surface area contributed by atoms with Crippen molar-refractivity contribution in [2.75, 3.05) is 0 Å². The number of hydrogen-bond acceptors (Lipinski definition) is 5. The minimum Gasteiger partial charge on any atom is -0.369 e. The number of carbonyl (C=O) groups is 1. The summed E-state index contributed by atoms with van der Waals surface area (Å²) in [5, 5.41) is 7.75. The van der Waals surface area contributed by atoms with Crippen LogP contribution in [0.25, 0.3) is 33.9 Å². The first-order chi connectivity index (χ1) is 16.1. The fourth-order valence-electron chi connectivity index (χ4n) is 3.77. The predicted octanol–water partition coefficient (Wildman–Crippen LogP) is 3.04. The summed E-state index contributed by atoms with van der Waals surface area (Å²) in [6.07, 6.45) is 4.13. The first kappa shape index (κ1) is 20.1. The molecule has 2 aromatic carbocycles. The SMILES string of the molecule is Cc1ccc(-c2nc3n(ccc4nc(-c5ccccc5)c(/C=N/N=C(N)N)n43)c2C=O)cc1. The Hall–Kier alpha value is -4.79. The standard InChI is InChI=1S/C24H20N8O/c1-15-7-9-17(10-8-15)22-19(14-33)31-12-11-20-28-21(16-5-3-2-4-6-16)18(13-27-30-23(25)26)32(20)24(31)29-22/h2-14H,1H3,(H4,25,26,30)/b27-13+. The van der Waals surface area contributed by atoms with Gasteiger partial charge in [-0.1, -0.05) is 60.2 Å². The normalized spacial score (nSPS) is 11.4. The van der Waals surface area contributed by atoms with Crippen molar-refractivity contribution < 1.29 is 4.79 Å². The highest BCUT2D eigenvalue weighted by atomic mass is 16.1. The van der Waals surface area contributed by atoms with Crippen LogP contribution in [0.2, 0.25) is 0 Å². The lowest BCUT2D eigenvalue weighted by Gasteiger charge is -2.02. The number of fused-ring (bicyclic) bond motifs is 3. The van der Waals surface area contributed by atoms with Gasteiger partial charge in [0.1, 0.15) is 17.0 Å². The molecule has 0 spiro atoms. The third-order valence-electron chi connectivity index (χ3n) is 5.28. The molecule has 5 aromatic rings. The van der Waals surface area contributed by atoms with Gasteiger partial charge in [0.15, 0.2) is 6.29 Å². The van der Waals surface area contributed by atoms with Crippen LogP contribution in [0.1, 0.15) is 21.7 Å². The van der Waals surface area contributed by atoms with Crippen LogP contribution in [0.4, 0.5) is 0 Å². The number of nitrogens with zero attached hydrogens (tertiary/aromatic N) is 6. The van der Waals surface area contributed by atoms with Gasteiger partial charge in [-0.3, -0.25) is 13.6 Å². The Labute approximate surface area is 188 Å². The molecule has 0 fully saturated rings. The molecule has 3 heterocycles. The Morgan fingerprint density at radius 3 is 2.30 bits per heavy atom. The Bertz CT molecular complexity index is 1540. The number of aromatic nitrogens is 4. The fraction of sp³-hybridized carbons (Fsp3) is 0.0417. The summed E-state index contributed by atoms with van der Waals surface area (Å²) in [6.45, 7) is 2.01. The second-order valence-corrected chi connectivity index (χ2v) is 7.49. The smallest absolute Gasteiger partial charge is 0.221 e. The number of benzene rings is 2. The van der Waals surface area contributed by atoms with Crippen molar-refractivity contribution in [3.8, 4) is 22.5 Å². The Kier molecular flexibility index (Phi) is 4.91. The summed E-state index contributed by atoms with van der Waals surface area (Å²) in [5.74, 6) is 0.364. The average Bonchev–Trinajstić information content (AvgIpc) is 3.38. The van der Waals surface area contributed by atoms with Crippen molar-refractivity contribution >= 4 is 29.9 Å². The van der Waals surface area contributed by atoms with Gasteiger partial charge in [0, 0.05) is 17.3 Å². The minimum absolute atomic E-state index is 0.155. The number of guanidine groups is 1. The van der Waals surface area contributed by atoms with Gasteiger partial charge >= 0.3 is 0 Å². The lowest BCUT2D eigenvalue weighted by atomic mass is 10.1. The number of carbonyl (C=O) groups excluding carboxylic acids is 1. The Morgan fingerprint density at radius 1 is 0.909 bits per heavy atom. The highest BCUT2D eigenvalue weighted by Crippen LogP contribution is 2.28. The largest absolute Gasteiger partial charge is 0.369 e. The molecule has 4 N–H and O–H groups in total. The van der Waals surface area contributed by atoms with Crippen LogP contribution in [0.15, 0.2) is 77.1 Å². The zero-order valence-corrected chi connectivity index (χ0v) is 17.8. The molecule has 0 atom stereocenters. The van der Waals surface area contributed by atoms with Gasteiger partial charge in [-0.15, -0.1) is 5.10 Å². The highest BCUT2D eigenvalue weighted by molar-refractivity contribution is 5.91. The summed E-state index contributed by atoms with van der Waals surface area (Å²) in [6, 6.07) is 19.4. The van der Waals surface area contributed by atoms with E-state index in [9.17, 15) is 4.79 Å². The number of imidazole rings is 2. The third-order valence-corrected chi connectivity index (χ3v) is 5.28. The van der Waals surface area contributed by atoms with Crippen LogP contribution in [0.5, 0.6) is 0 Å². The Morgan fingerprint density at radius 2 is 1.61 bits per heavy atom. The molecule has 3 aromatic heterocycles. The number of hydrogen-bond donors (Lipinski definition) is 2. The van der Waals surface area contributed by atoms with E-state index < -0.39 is 0 Å². The van der Waals surface area contributed by atoms with Crippen LogP contribution in [0.3, 0.4) is 0 Å². The maximum atomic E-state index is 12.1. The van der Waals surface area contributed by atoms with E-state index in [0.29, 0.717) is 34.2 Å². The molecule has 0 aliphatic rings. The molecule has 9 heteroatoms. The summed E-state index contributed by atoms with van der Waals surface area (Å²) < 4.78 is 3.57. The van der Waals surface area contributed by atoms with E-state index in [2.05, 4.69) is 10.2 Å². The second-order valence-electron chi connectivity index (χ2n) is 7.49. The monoisotopic (exact) mass is 436 g/mol. The molecule has 33 heavy (non-hydrogen) atoms. The lowest BCUT2D eigenvalue weighted by molar-refractivity contribution is 0.111. The fourth-order valence-corrected chi connectivity index (χ4v) is 3.77. The predicted molar refractivity (Wildman–Crippen MR) is 128 cm³/mol. The topological polar surface area (TPSA) is 128 Å². The zero-order valence-electron chi connectivity index (χ0n) is 17.8. The molecular weight excluding hydrogens is 416 g/mol. The van der Waals surface area contributed by atoms with E-state index in [4.69, 9.17) is 21.4 Å². The van der Waals surface area contributed by atoms with Crippen LogP contribution in [-0.4, -0.2) is 37.2 Å². The minimum atomic E-state index is -0.155. The molecule has 0 aliphatic heterocycles. The van der Waals surface area contributed by atoms with Crippen molar-refractivity contribution in [3.63, 3.8) is 0 Å². The lowest BCUT2D eigenvalue weighted by Crippen LogP contribution is -2.21. The van der Waals surface area contributed by atoms with Gasteiger partial charge in [0.2, 0.25) is 11.7 Å². The molecule has 0 unspecified atom stereocenters. The molecule has 5 rings (SSSR count). The molecule has 0 saturated carbocycles. The van der Waals surface area contributed by atoms with Crippen molar-refractivity contribution in [1.82, 2.24) is 18.8 Å². The van der Waals surface area contributed by atoms with E-state index in [1.54, 1.807) is 10.6 Å². The number of aldehydes is 1. The van der Waals surface area contributed by atoms with E-state index in [1.807, 2.05) is 72.0 Å². The first-order valence-electron chi connectivity index (χ1n) is 10.2. The maximum Gasteiger partial charge on any atom is 0.221 e. The van der Waals surface area contributed by atoms with E-state index in [-0.39, 0.29) is 5.96 Å². The quantitative estimate of drug-likeness (QED) is 0.189. The second kappa shape index (κ2) is 8.04. The zero-order chi connectivity index (χ0) is 22.9. The first-order valence-corrected chi connectivity index (χ1v) is 10.2. The van der Waals surface area contributed by atoms with Crippen molar-refractivity contribution in [2.45, 2.75) is 6.92 Å². The number of rotatable bonds is 5. The Balaban J connectivity index is 1.84. The molecule has 0 bridgehead atoms. The van der Waals surface area contributed by atoms with Crippen LogP contribution >= 0.6 is 0 Å². The summed E-state index contributed by atoms with van der Waals surface area (Å²) in [4.78, 5) is 21.7. The summed E-state index contributed by atoms with van der Waals surface area (Å²) >= 11 is 0. The summed E-state index contributed by atoms with van der Waals surface area (Å²) in [7, 11) is 0. The molecule has 0 radical (unpaired) electrons. The molecule has 0 saturated heterocycles. The van der Waals surface area contributed by atoms with E-state index in [1.165, 1.54) is 6.21 Å². The van der Waals surface area contributed by atoms with E-state index >= 15 is 0 Å². The van der Waals surface area contributed by atoms with E-state index in [0.717, 1.165) is 23.0 Å². The van der Waals surface area contributed by atoms with Crippen molar-refractivity contribution in [3.05, 3.63) is 83.8 Å². The highest BCUT2D eigenvalue weighted by Gasteiger charge is 2.20. The average molecular weight is 436 g/mol. The molecular formula is C24H20N8O. The molecule has 0 amide bonds. The number of aryl methyl sites for hydroxylation is 1. The molecule has 0 aliphatic carbocycles. The van der Waals surface area contributed by atoms with Crippen LogP contribution in [0, 0.1) is 6.92 Å². The molecule has 162 valence electrons. The van der Waals surface area contributed by atoms with Crippen LogP contribution < -0.4 is 11.5 Å². The van der Waals surface area contributed by atoms with Crippen molar-refractivity contribution in [2.24, 2.45) is 21.7 Å². The summed E-state index contributed by atoms with van der Waals surface area (Å²) in [5.41, 5.74) is 16.7. The number of nitrogens with two attached hydrogens (primary N) is 2. The van der Waals surface area contributed by atoms with Crippen molar-refractivity contribution in [1.29, 1.82) is 0 Å². The molecule has 9 nitrogen and oxygen atoms in total. The van der Waals surface area contributed by atoms with Gasteiger partial charge < -0.3 is 11.5 Å². The van der Waals surface area contributed by atoms with Gasteiger partial charge in [-0.25, -0.2) is 9.97 Å². The van der Waals surface area contributed by atoms with Crippen LogP contribution in [-0.2, 0) is 0 Å². The van der Waals surface area contributed by atoms with Gasteiger partial charge in [-0.05, 0) is 13.0 Å². The maximum absolute atomic E-state index is 12.1.